The molecule has 1 fully saturated rings. The zero-order valence-electron chi connectivity index (χ0n) is 10.6. The number of hydrogen-bond acceptors (Lipinski definition) is 4. The zero-order chi connectivity index (χ0) is 13.3. The molecule has 0 radical (unpaired) electrons. The number of amides is 2. The molecule has 0 aromatic heterocycles. The summed E-state index contributed by atoms with van der Waals surface area (Å²) in [6.45, 7) is 4.00. The number of carbonyl (C=O) groups excluding carboxylic acids is 2. The summed E-state index contributed by atoms with van der Waals surface area (Å²) in [5.74, 6) is 0.647. The van der Waals surface area contributed by atoms with Crippen molar-refractivity contribution in [2.24, 2.45) is 0 Å². The van der Waals surface area contributed by atoms with Crippen molar-refractivity contribution in [2.45, 2.75) is 25.5 Å². The van der Waals surface area contributed by atoms with Crippen LogP contribution in [0.25, 0.3) is 0 Å². The molecule has 1 N–H and O–H groups in total. The molecule has 2 amide bonds. The smallest absolute Gasteiger partial charge is 0.286 e. The first-order valence-electron chi connectivity index (χ1n) is 5.67. The summed E-state index contributed by atoms with van der Waals surface area (Å²) in [6.07, 6.45) is 0.568. The Morgan fingerprint density at radius 1 is 1.28 bits per heavy atom. The van der Waals surface area contributed by atoms with Crippen LogP contribution in [0.2, 0.25) is 0 Å². The Labute approximate surface area is 110 Å². The van der Waals surface area contributed by atoms with Crippen LogP contribution in [-0.4, -0.2) is 23.5 Å². The fourth-order valence-electron chi connectivity index (χ4n) is 2.02. The van der Waals surface area contributed by atoms with Gasteiger partial charge in [-0.05, 0) is 43.0 Å². The van der Waals surface area contributed by atoms with Gasteiger partial charge < -0.3 is 4.74 Å². The minimum atomic E-state index is -0.316. The number of imide groups is 1. The fraction of sp³-hybridized carbons (Fsp3) is 0.385. The van der Waals surface area contributed by atoms with E-state index in [1.807, 2.05) is 26.0 Å². The summed E-state index contributed by atoms with van der Waals surface area (Å²) in [4.78, 5) is 22.6. The molecule has 0 saturated carbocycles. The van der Waals surface area contributed by atoms with Crippen LogP contribution in [0.4, 0.5) is 4.79 Å². The van der Waals surface area contributed by atoms with Crippen molar-refractivity contribution in [3.05, 3.63) is 28.8 Å². The van der Waals surface area contributed by atoms with Gasteiger partial charge in [-0.25, -0.2) is 0 Å². The number of rotatable bonds is 3. The molecule has 1 unspecified atom stereocenters. The van der Waals surface area contributed by atoms with Crippen LogP contribution < -0.4 is 10.1 Å². The highest BCUT2D eigenvalue weighted by molar-refractivity contribution is 8.15. The first-order valence-corrected chi connectivity index (χ1v) is 6.55. The average Bonchev–Trinajstić information content (AvgIpc) is 2.64. The first kappa shape index (κ1) is 13.0. The Balaban J connectivity index is 2.22. The van der Waals surface area contributed by atoms with Gasteiger partial charge in [0.15, 0.2) is 0 Å². The molecule has 0 spiro atoms. The minimum Gasteiger partial charge on any atom is -0.496 e. The van der Waals surface area contributed by atoms with Gasteiger partial charge in [0.1, 0.15) is 5.75 Å². The predicted molar refractivity (Wildman–Crippen MR) is 71.1 cm³/mol. The minimum absolute atomic E-state index is 0.196. The SMILES string of the molecule is COc1ccc(CC2SC(=O)NC2=O)c(C)c1C. The fourth-order valence-corrected chi connectivity index (χ4v) is 2.87. The van der Waals surface area contributed by atoms with Gasteiger partial charge in [0, 0.05) is 0 Å². The molecular weight excluding hydrogens is 250 g/mol. The van der Waals surface area contributed by atoms with Gasteiger partial charge in [-0.1, -0.05) is 17.8 Å². The van der Waals surface area contributed by atoms with Crippen LogP contribution in [0.5, 0.6) is 5.75 Å². The van der Waals surface area contributed by atoms with Gasteiger partial charge in [-0.2, -0.15) is 0 Å². The molecule has 1 aliphatic heterocycles. The largest absolute Gasteiger partial charge is 0.496 e. The Morgan fingerprint density at radius 2 is 2.00 bits per heavy atom. The summed E-state index contributed by atoms with van der Waals surface area (Å²) in [5.41, 5.74) is 3.27. The molecule has 1 aromatic carbocycles. The van der Waals surface area contributed by atoms with Gasteiger partial charge in [-0.15, -0.1) is 0 Å². The van der Waals surface area contributed by atoms with Crippen molar-refractivity contribution < 1.29 is 14.3 Å². The molecule has 0 bridgehead atoms. The second kappa shape index (κ2) is 5.02. The maximum atomic E-state index is 11.5. The summed E-state index contributed by atoms with van der Waals surface area (Å²) >= 11 is 1.06. The average molecular weight is 265 g/mol. The van der Waals surface area contributed by atoms with Gasteiger partial charge >= 0.3 is 0 Å². The quantitative estimate of drug-likeness (QED) is 0.910. The van der Waals surface area contributed by atoms with Crippen molar-refractivity contribution in [1.82, 2.24) is 5.32 Å². The molecule has 18 heavy (non-hydrogen) atoms. The predicted octanol–water partition coefficient (Wildman–Crippen LogP) is 2.21. The molecule has 96 valence electrons. The molecule has 4 nitrogen and oxygen atoms in total. The Kier molecular flexibility index (Phi) is 3.61. The summed E-state index contributed by atoms with van der Waals surface area (Å²) < 4.78 is 5.25. The van der Waals surface area contributed by atoms with E-state index in [1.54, 1.807) is 7.11 Å². The summed E-state index contributed by atoms with van der Waals surface area (Å²) in [7, 11) is 1.64. The molecule has 1 heterocycles. The van der Waals surface area contributed by atoms with E-state index < -0.39 is 0 Å². The number of thioether (sulfide) groups is 1. The number of methoxy groups -OCH3 is 1. The number of ether oxygens (including phenoxy) is 1. The third-order valence-corrected chi connectivity index (χ3v) is 4.22. The lowest BCUT2D eigenvalue weighted by Crippen LogP contribution is -2.25. The second-order valence-corrected chi connectivity index (χ2v) is 5.44. The van der Waals surface area contributed by atoms with Crippen molar-refractivity contribution in [3.8, 4) is 5.75 Å². The van der Waals surface area contributed by atoms with Crippen LogP contribution in [0.15, 0.2) is 12.1 Å². The first-order chi connectivity index (χ1) is 8.52. The third kappa shape index (κ3) is 2.36. The normalized spacial score (nSPS) is 18.9. The van der Waals surface area contributed by atoms with E-state index in [2.05, 4.69) is 5.32 Å². The lowest BCUT2D eigenvalue weighted by atomic mass is 9.98. The Hall–Kier alpha value is -1.49. The lowest BCUT2D eigenvalue weighted by Gasteiger charge is -2.13. The van der Waals surface area contributed by atoms with Crippen LogP contribution in [0, 0.1) is 13.8 Å². The third-order valence-electron chi connectivity index (χ3n) is 3.24. The van der Waals surface area contributed by atoms with Crippen molar-refractivity contribution >= 4 is 22.9 Å². The van der Waals surface area contributed by atoms with E-state index in [0.717, 1.165) is 34.2 Å². The lowest BCUT2D eigenvalue weighted by molar-refractivity contribution is -0.118. The standard InChI is InChI=1S/C13H15NO3S/c1-7-8(2)10(17-3)5-4-9(7)6-11-12(15)14-13(16)18-11/h4-5,11H,6H2,1-3H3,(H,14,15,16). The summed E-state index contributed by atoms with van der Waals surface area (Å²) in [5, 5.41) is 1.73. The maximum Gasteiger partial charge on any atom is 0.286 e. The van der Waals surface area contributed by atoms with E-state index in [-0.39, 0.29) is 16.4 Å². The van der Waals surface area contributed by atoms with E-state index in [4.69, 9.17) is 4.74 Å². The summed E-state index contributed by atoms with van der Waals surface area (Å²) in [6, 6.07) is 3.86. The van der Waals surface area contributed by atoms with Gasteiger partial charge in [0.25, 0.3) is 5.24 Å². The van der Waals surface area contributed by atoms with Crippen molar-refractivity contribution in [3.63, 3.8) is 0 Å². The highest BCUT2D eigenvalue weighted by atomic mass is 32.2. The Bertz CT molecular complexity index is 513. The highest BCUT2D eigenvalue weighted by Crippen LogP contribution is 2.28. The van der Waals surface area contributed by atoms with E-state index in [9.17, 15) is 9.59 Å². The van der Waals surface area contributed by atoms with Crippen molar-refractivity contribution in [1.29, 1.82) is 0 Å². The number of benzene rings is 1. The highest BCUT2D eigenvalue weighted by Gasteiger charge is 2.31. The Morgan fingerprint density at radius 3 is 2.56 bits per heavy atom. The van der Waals surface area contributed by atoms with Crippen LogP contribution in [0.1, 0.15) is 16.7 Å². The molecule has 1 saturated heterocycles. The maximum absolute atomic E-state index is 11.5. The molecular formula is C13H15NO3S. The van der Waals surface area contributed by atoms with Gasteiger partial charge in [-0.3, -0.25) is 14.9 Å². The molecule has 5 heteroatoms. The number of carbonyl (C=O) groups is 2. The number of nitrogens with one attached hydrogen (secondary N) is 1. The molecule has 2 rings (SSSR count). The van der Waals surface area contributed by atoms with E-state index in [1.165, 1.54) is 0 Å². The van der Waals surface area contributed by atoms with Crippen molar-refractivity contribution in [2.75, 3.05) is 7.11 Å². The molecule has 1 aromatic rings. The van der Waals surface area contributed by atoms with E-state index in [0.29, 0.717) is 6.42 Å². The van der Waals surface area contributed by atoms with Gasteiger partial charge in [0.05, 0.1) is 12.4 Å². The number of hydrogen-bond donors (Lipinski definition) is 1. The molecule has 1 aliphatic rings. The molecule has 0 aliphatic carbocycles. The van der Waals surface area contributed by atoms with Crippen LogP contribution >= 0.6 is 11.8 Å². The van der Waals surface area contributed by atoms with Gasteiger partial charge in [0.2, 0.25) is 5.91 Å². The monoisotopic (exact) mass is 265 g/mol. The zero-order valence-corrected chi connectivity index (χ0v) is 11.4. The van der Waals surface area contributed by atoms with E-state index >= 15 is 0 Å². The second-order valence-electron chi connectivity index (χ2n) is 4.26. The topological polar surface area (TPSA) is 55.4 Å². The van der Waals surface area contributed by atoms with Crippen LogP contribution in [-0.2, 0) is 11.2 Å². The van der Waals surface area contributed by atoms with Crippen LogP contribution in [0.3, 0.4) is 0 Å². The molecule has 1 atom stereocenters.